The van der Waals surface area contributed by atoms with Gasteiger partial charge in [-0.3, -0.25) is 4.79 Å². The van der Waals surface area contributed by atoms with Gasteiger partial charge in [0.2, 0.25) is 0 Å². The predicted octanol–water partition coefficient (Wildman–Crippen LogP) is 0.592. The van der Waals surface area contributed by atoms with Crippen LogP contribution in [-0.2, 0) is 14.3 Å². The number of ether oxygens (including phenoxy) is 2. The summed E-state index contributed by atoms with van der Waals surface area (Å²) in [4.78, 5) is 21.9. The Kier molecular flexibility index (Phi) is 7.98. The fourth-order valence-corrected chi connectivity index (χ4v) is 1.87. The molecule has 0 aromatic heterocycles. The summed E-state index contributed by atoms with van der Waals surface area (Å²) in [6.45, 7) is 4.63. The Morgan fingerprint density at radius 1 is 1.30 bits per heavy atom. The molecule has 7 heteroatoms. The quantitative estimate of drug-likeness (QED) is 0.607. The highest BCUT2D eigenvalue weighted by molar-refractivity contribution is 5.73. The third-order valence-electron chi connectivity index (χ3n) is 3.15. The Balaban J connectivity index is 2.00. The van der Waals surface area contributed by atoms with Crippen LogP contribution in [0.3, 0.4) is 0 Å². The number of rotatable bonds is 8. The van der Waals surface area contributed by atoms with Crippen molar-refractivity contribution in [3.8, 4) is 0 Å². The lowest BCUT2D eigenvalue weighted by Gasteiger charge is -2.23. The lowest BCUT2D eigenvalue weighted by Crippen LogP contribution is -2.44. The van der Waals surface area contributed by atoms with Crippen molar-refractivity contribution in [3.05, 3.63) is 0 Å². The molecule has 0 aromatic carbocycles. The highest BCUT2D eigenvalue weighted by atomic mass is 16.6. The number of hydrogen-bond donors (Lipinski definition) is 3. The van der Waals surface area contributed by atoms with Gasteiger partial charge in [-0.2, -0.15) is 0 Å². The maximum Gasteiger partial charge on any atom is 0.314 e. The maximum atomic E-state index is 11.5. The van der Waals surface area contributed by atoms with Crippen molar-refractivity contribution < 1.29 is 24.2 Å². The van der Waals surface area contributed by atoms with Gasteiger partial charge in [0.1, 0.15) is 0 Å². The number of nitrogens with one attached hydrogen (secondary N) is 2. The third kappa shape index (κ3) is 7.96. The zero-order valence-electron chi connectivity index (χ0n) is 11.9. The first-order chi connectivity index (χ1) is 9.58. The van der Waals surface area contributed by atoms with E-state index >= 15 is 0 Å². The molecule has 20 heavy (non-hydrogen) atoms. The van der Waals surface area contributed by atoms with Crippen LogP contribution in [0.15, 0.2) is 0 Å². The molecule has 2 atom stereocenters. The number of aliphatic carboxylic acids is 1. The molecular weight excluding hydrogens is 264 g/mol. The Hall–Kier alpha value is -1.34. The highest BCUT2D eigenvalue weighted by Gasteiger charge is 2.15. The van der Waals surface area contributed by atoms with Crippen molar-refractivity contribution in [1.82, 2.24) is 10.6 Å². The summed E-state index contributed by atoms with van der Waals surface area (Å²) < 4.78 is 10.6. The van der Waals surface area contributed by atoms with Crippen molar-refractivity contribution in [2.75, 3.05) is 32.9 Å². The van der Waals surface area contributed by atoms with Crippen LogP contribution in [0.5, 0.6) is 0 Å². The van der Waals surface area contributed by atoms with Gasteiger partial charge in [-0.1, -0.05) is 6.92 Å². The number of carboxylic acids is 1. The summed E-state index contributed by atoms with van der Waals surface area (Å²) in [5, 5.41) is 14.0. The Morgan fingerprint density at radius 3 is 2.75 bits per heavy atom. The van der Waals surface area contributed by atoms with Crippen molar-refractivity contribution >= 4 is 12.0 Å². The Bertz CT molecular complexity index is 305. The number of carbonyl (C=O) groups excluding carboxylic acids is 1. The Morgan fingerprint density at radius 2 is 2.10 bits per heavy atom. The van der Waals surface area contributed by atoms with Gasteiger partial charge in [0.25, 0.3) is 0 Å². The average molecular weight is 288 g/mol. The topological polar surface area (TPSA) is 96.9 Å². The molecule has 0 spiro atoms. The fraction of sp³-hybridized carbons (Fsp3) is 0.846. The maximum absolute atomic E-state index is 11.5. The van der Waals surface area contributed by atoms with Crippen LogP contribution in [-0.4, -0.2) is 56.1 Å². The number of hydrogen-bond acceptors (Lipinski definition) is 4. The van der Waals surface area contributed by atoms with Gasteiger partial charge in [-0.25, -0.2) is 4.79 Å². The van der Waals surface area contributed by atoms with Crippen molar-refractivity contribution in [1.29, 1.82) is 0 Å². The summed E-state index contributed by atoms with van der Waals surface area (Å²) >= 11 is 0. The first-order valence-corrected chi connectivity index (χ1v) is 7.00. The lowest BCUT2D eigenvalue weighted by atomic mass is 10.0. The summed E-state index contributed by atoms with van der Waals surface area (Å²) in [7, 11) is 0. The van der Waals surface area contributed by atoms with Gasteiger partial charge in [0.15, 0.2) is 0 Å². The first kappa shape index (κ1) is 16.7. The summed E-state index contributed by atoms with van der Waals surface area (Å²) in [6.07, 6.45) is 1.49. The molecule has 0 saturated carbocycles. The highest BCUT2D eigenvalue weighted by Crippen LogP contribution is 2.08. The van der Waals surface area contributed by atoms with Crippen LogP contribution in [0.4, 0.5) is 4.79 Å². The molecule has 1 aliphatic rings. The van der Waals surface area contributed by atoms with Crippen LogP contribution >= 0.6 is 0 Å². The van der Waals surface area contributed by atoms with E-state index in [0.29, 0.717) is 39.3 Å². The van der Waals surface area contributed by atoms with E-state index in [9.17, 15) is 9.59 Å². The molecule has 2 unspecified atom stereocenters. The van der Waals surface area contributed by atoms with Gasteiger partial charge in [-0.15, -0.1) is 0 Å². The minimum absolute atomic E-state index is 0.0796. The zero-order chi connectivity index (χ0) is 14.8. The third-order valence-corrected chi connectivity index (χ3v) is 3.15. The van der Waals surface area contributed by atoms with E-state index in [4.69, 9.17) is 14.6 Å². The molecule has 1 saturated heterocycles. The van der Waals surface area contributed by atoms with E-state index in [-0.39, 0.29) is 24.5 Å². The van der Waals surface area contributed by atoms with Crippen molar-refractivity contribution in [2.24, 2.45) is 5.92 Å². The van der Waals surface area contributed by atoms with Gasteiger partial charge in [0.05, 0.1) is 25.9 Å². The van der Waals surface area contributed by atoms with Crippen LogP contribution in [0, 0.1) is 5.92 Å². The SMILES string of the molecule is CC(CCNC(=O)NCC1COCCO1)CCC(=O)O. The number of urea groups is 1. The van der Waals surface area contributed by atoms with Crippen LogP contribution < -0.4 is 10.6 Å². The second-order valence-electron chi connectivity index (χ2n) is 5.03. The standard InChI is InChI=1S/C13H24N2O5/c1-10(2-3-12(16)17)4-5-14-13(18)15-8-11-9-19-6-7-20-11/h10-11H,2-9H2,1H3,(H,16,17)(H2,14,15,18). The van der Waals surface area contributed by atoms with Crippen LogP contribution in [0.1, 0.15) is 26.2 Å². The van der Waals surface area contributed by atoms with E-state index in [0.717, 1.165) is 6.42 Å². The van der Waals surface area contributed by atoms with E-state index in [2.05, 4.69) is 10.6 Å². The van der Waals surface area contributed by atoms with Gasteiger partial charge in [-0.05, 0) is 18.8 Å². The van der Waals surface area contributed by atoms with E-state index < -0.39 is 5.97 Å². The molecule has 0 bridgehead atoms. The van der Waals surface area contributed by atoms with E-state index in [1.165, 1.54) is 0 Å². The van der Waals surface area contributed by atoms with Crippen LogP contribution in [0.2, 0.25) is 0 Å². The minimum atomic E-state index is -0.780. The molecule has 116 valence electrons. The predicted molar refractivity (Wildman–Crippen MR) is 72.6 cm³/mol. The average Bonchev–Trinajstić information content (AvgIpc) is 2.44. The molecular formula is C13H24N2O5. The molecule has 2 amide bonds. The lowest BCUT2D eigenvalue weighted by molar-refractivity contribution is -0.137. The summed E-state index contributed by atoms with van der Waals surface area (Å²) in [5.74, 6) is -0.501. The van der Waals surface area contributed by atoms with Crippen molar-refractivity contribution in [3.63, 3.8) is 0 Å². The molecule has 0 aromatic rings. The molecule has 1 heterocycles. The normalized spacial score (nSPS) is 20.1. The van der Waals surface area contributed by atoms with Gasteiger partial charge >= 0.3 is 12.0 Å². The zero-order valence-corrected chi connectivity index (χ0v) is 11.9. The number of carboxylic acid groups (broad SMARTS) is 1. The molecule has 0 aliphatic carbocycles. The number of amides is 2. The number of carbonyl (C=O) groups is 2. The molecule has 1 fully saturated rings. The largest absolute Gasteiger partial charge is 0.481 e. The van der Waals surface area contributed by atoms with Gasteiger partial charge in [0, 0.05) is 19.5 Å². The second-order valence-corrected chi connectivity index (χ2v) is 5.03. The minimum Gasteiger partial charge on any atom is -0.481 e. The Labute approximate surface area is 119 Å². The van der Waals surface area contributed by atoms with Crippen LogP contribution in [0.25, 0.3) is 0 Å². The molecule has 1 aliphatic heterocycles. The fourth-order valence-electron chi connectivity index (χ4n) is 1.87. The van der Waals surface area contributed by atoms with Gasteiger partial charge < -0.3 is 25.2 Å². The smallest absolute Gasteiger partial charge is 0.314 e. The molecule has 3 N–H and O–H groups in total. The van der Waals surface area contributed by atoms with Crippen molar-refractivity contribution in [2.45, 2.75) is 32.3 Å². The first-order valence-electron chi connectivity index (χ1n) is 7.00. The van der Waals surface area contributed by atoms with E-state index in [1.807, 2.05) is 6.92 Å². The molecule has 1 rings (SSSR count). The molecule has 0 radical (unpaired) electrons. The molecule has 7 nitrogen and oxygen atoms in total. The summed E-state index contributed by atoms with van der Waals surface area (Å²) in [6, 6.07) is -0.232. The summed E-state index contributed by atoms with van der Waals surface area (Å²) in [5.41, 5.74) is 0. The van der Waals surface area contributed by atoms with E-state index in [1.54, 1.807) is 0 Å². The monoisotopic (exact) mass is 288 g/mol. The second kappa shape index (κ2) is 9.55.